The Bertz CT molecular complexity index is 488. The second kappa shape index (κ2) is 4.36. The van der Waals surface area contributed by atoms with Crippen LogP contribution in [-0.2, 0) is 0 Å². The Morgan fingerprint density at radius 2 is 2.24 bits per heavy atom. The fraction of sp³-hybridized carbons (Fsp3) is 0.400. The number of benzene rings is 1. The van der Waals surface area contributed by atoms with Crippen LogP contribution in [-0.4, -0.2) is 12.3 Å². The molecule has 1 aromatic rings. The second-order valence-electron chi connectivity index (χ2n) is 4.84. The Morgan fingerprint density at radius 3 is 3.06 bits per heavy atom. The van der Waals surface area contributed by atoms with Crippen molar-refractivity contribution in [3.63, 3.8) is 0 Å². The summed E-state index contributed by atoms with van der Waals surface area (Å²) in [5.74, 6) is 1.50. The standard InChI is InChI=1S/C15H17NO/c1-11-7-8-15-13(9-11)16-14(10-17-15)12-5-3-2-4-6-12/h2-3,7-9,12H,4-6,10H2,1H3. The number of aliphatic imine (C=N–C) groups is 1. The molecule has 1 unspecified atom stereocenters. The zero-order valence-electron chi connectivity index (χ0n) is 10.1. The molecular formula is C15H17NO. The van der Waals surface area contributed by atoms with E-state index < -0.39 is 0 Å². The van der Waals surface area contributed by atoms with E-state index in [0.29, 0.717) is 12.5 Å². The first kappa shape index (κ1) is 10.6. The summed E-state index contributed by atoms with van der Waals surface area (Å²) in [6.07, 6.45) is 8.02. The number of allylic oxidation sites excluding steroid dienone is 2. The molecule has 2 heteroatoms. The van der Waals surface area contributed by atoms with Crippen LogP contribution in [0.15, 0.2) is 35.3 Å². The summed E-state index contributed by atoms with van der Waals surface area (Å²) in [5.41, 5.74) is 3.45. The van der Waals surface area contributed by atoms with Crippen LogP contribution in [0, 0.1) is 12.8 Å². The number of aryl methyl sites for hydroxylation is 1. The van der Waals surface area contributed by atoms with Gasteiger partial charge in [0, 0.05) is 5.92 Å². The summed E-state index contributed by atoms with van der Waals surface area (Å²) >= 11 is 0. The first-order chi connectivity index (χ1) is 8.33. The van der Waals surface area contributed by atoms with Gasteiger partial charge in [0.1, 0.15) is 18.0 Å². The van der Waals surface area contributed by atoms with Crippen LogP contribution in [0.25, 0.3) is 0 Å². The maximum atomic E-state index is 5.79. The third-order valence-electron chi connectivity index (χ3n) is 3.49. The lowest BCUT2D eigenvalue weighted by Gasteiger charge is -2.24. The van der Waals surface area contributed by atoms with Gasteiger partial charge in [0.25, 0.3) is 0 Å². The summed E-state index contributed by atoms with van der Waals surface area (Å²) in [7, 11) is 0. The van der Waals surface area contributed by atoms with Gasteiger partial charge in [-0.3, -0.25) is 4.99 Å². The van der Waals surface area contributed by atoms with E-state index in [0.717, 1.165) is 17.9 Å². The number of rotatable bonds is 1. The van der Waals surface area contributed by atoms with Crippen molar-refractivity contribution in [2.45, 2.75) is 26.2 Å². The summed E-state index contributed by atoms with van der Waals surface area (Å²) in [6.45, 7) is 2.75. The van der Waals surface area contributed by atoms with Gasteiger partial charge in [0.15, 0.2) is 0 Å². The molecule has 1 heterocycles. The first-order valence-electron chi connectivity index (χ1n) is 6.29. The third kappa shape index (κ3) is 2.12. The molecule has 88 valence electrons. The quantitative estimate of drug-likeness (QED) is 0.668. The van der Waals surface area contributed by atoms with Crippen LogP contribution in [0.3, 0.4) is 0 Å². The number of ether oxygens (including phenoxy) is 1. The Hall–Kier alpha value is -1.57. The highest BCUT2D eigenvalue weighted by molar-refractivity contribution is 5.92. The molecule has 17 heavy (non-hydrogen) atoms. The third-order valence-corrected chi connectivity index (χ3v) is 3.49. The van der Waals surface area contributed by atoms with E-state index in [1.54, 1.807) is 0 Å². The molecule has 0 fully saturated rings. The fourth-order valence-electron chi connectivity index (χ4n) is 2.48. The molecule has 1 atom stereocenters. The minimum atomic E-state index is 0.577. The molecule has 3 rings (SSSR count). The second-order valence-corrected chi connectivity index (χ2v) is 4.84. The van der Waals surface area contributed by atoms with Gasteiger partial charge in [-0.2, -0.15) is 0 Å². The average Bonchev–Trinajstić information content (AvgIpc) is 2.39. The normalized spacial score (nSPS) is 22.6. The van der Waals surface area contributed by atoms with E-state index in [1.165, 1.54) is 24.1 Å². The van der Waals surface area contributed by atoms with Crippen molar-refractivity contribution in [3.8, 4) is 5.75 Å². The SMILES string of the molecule is Cc1ccc2c(c1)N=C(C1CC=CCC1)CO2. The Balaban J connectivity index is 1.90. The van der Waals surface area contributed by atoms with Gasteiger partial charge in [0.05, 0.1) is 5.71 Å². The lowest BCUT2D eigenvalue weighted by molar-refractivity contribution is 0.361. The van der Waals surface area contributed by atoms with Gasteiger partial charge in [-0.25, -0.2) is 0 Å². The van der Waals surface area contributed by atoms with Gasteiger partial charge in [-0.15, -0.1) is 0 Å². The van der Waals surface area contributed by atoms with Crippen LogP contribution < -0.4 is 4.74 Å². The van der Waals surface area contributed by atoms with E-state index in [1.807, 2.05) is 6.07 Å². The van der Waals surface area contributed by atoms with Crippen LogP contribution in [0.5, 0.6) is 5.75 Å². The molecule has 0 saturated heterocycles. The summed E-state index contributed by atoms with van der Waals surface area (Å²) < 4.78 is 5.79. The highest BCUT2D eigenvalue weighted by Crippen LogP contribution is 2.34. The Kier molecular flexibility index (Phi) is 2.71. The largest absolute Gasteiger partial charge is 0.485 e. The molecule has 0 spiro atoms. The van der Waals surface area contributed by atoms with E-state index in [2.05, 4.69) is 31.2 Å². The summed E-state index contributed by atoms with van der Waals surface area (Å²) in [5, 5.41) is 0. The van der Waals surface area contributed by atoms with Crippen molar-refractivity contribution in [2.24, 2.45) is 10.9 Å². The molecule has 0 saturated carbocycles. The molecule has 0 aromatic heterocycles. The zero-order chi connectivity index (χ0) is 11.7. The number of nitrogens with zero attached hydrogens (tertiary/aromatic N) is 1. The van der Waals surface area contributed by atoms with E-state index in [9.17, 15) is 0 Å². The molecular weight excluding hydrogens is 210 g/mol. The molecule has 1 aromatic carbocycles. The van der Waals surface area contributed by atoms with E-state index >= 15 is 0 Å². The topological polar surface area (TPSA) is 21.6 Å². The smallest absolute Gasteiger partial charge is 0.145 e. The molecule has 0 N–H and O–H groups in total. The van der Waals surface area contributed by atoms with Crippen molar-refractivity contribution >= 4 is 11.4 Å². The molecule has 2 aliphatic rings. The predicted octanol–water partition coefficient (Wildman–Crippen LogP) is 3.82. The van der Waals surface area contributed by atoms with Crippen molar-refractivity contribution < 1.29 is 4.74 Å². The molecule has 1 aliphatic carbocycles. The monoisotopic (exact) mass is 227 g/mol. The molecule has 0 amide bonds. The number of hydrogen-bond acceptors (Lipinski definition) is 2. The summed E-state index contributed by atoms with van der Waals surface area (Å²) in [4.78, 5) is 4.79. The van der Waals surface area contributed by atoms with Crippen LogP contribution >= 0.6 is 0 Å². The molecule has 1 aliphatic heterocycles. The average molecular weight is 227 g/mol. The first-order valence-corrected chi connectivity index (χ1v) is 6.29. The number of hydrogen-bond donors (Lipinski definition) is 0. The van der Waals surface area contributed by atoms with Crippen molar-refractivity contribution in [1.29, 1.82) is 0 Å². The van der Waals surface area contributed by atoms with E-state index in [4.69, 9.17) is 9.73 Å². The molecule has 0 radical (unpaired) electrons. The number of fused-ring (bicyclic) bond motifs is 1. The maximum absolute atomic E-state index is 5.79. The van der Waals surface area contributed by atoms with Gasteiger partial charge in [-0.05, 0) is 43.9 Å². The lowest BCUT2D eigenvalue weighted by atomic mass is 9.90. The molecule has 2 nitrogen and oxygen atoms in total. The van der Waals surface area contributed by atoms with E-state index in [-0.39, 0.29) is 0 Å². The minimum absolute atomic E-state index is 0.577. The lowest BCUT2D eigenvalue weighted by Crippen LogP contribution is -2.24. The van der Waals surface area contributed by atoms with Crippen LogP contribution in [0.4, 0.5) is 5.69 Å². The van der Waals surface area contributed by atoms with Gasteiger partial charge < -0.3 is 4.74 Å². The van der Waals surface area contributed by atoms with Gasteiger partial charge >= 0.3 is 0 Å². The van der Waals surface area contributed by atoms with Crippen molar-refractivity contribution in [2.75, 3.05) is 6.61 Å². The molecule has 0 bridgehead atoms. The van der Waals surface area contributed by atoms with Gasteiger partial charge in [-0.1, -0.05) is 18.2 Å². The predicted molar refractivity (Wildman–Crippen MR) is 70.3 cm³/mol. The zero-order valence-corrected chi connectivity index (χ0v) is 10.1. The fourth-order valence-corrected chi connectivity index (χ4v) is 2.48. The van der Waals surface area contributed by atoms with Crippen molar-refractivity contribution in [1.82, 2.24) is 0 Å². The maximum Gasteiger partial charge on any atom is 0.145 e. The minimum Gasteiger partial charge on any atom is -0.485 e. The van der Waals surface area contributed by atoms with Crippen LogP contribution in [0.2, 0.25) is 0 Å². The highest BCUT2D eigenvalue weighted by atomic mass is 16.5. The van der Waals surface area contributed by atoms with Crippen LogP contribution in [0.1, 0.15) is 24.8 Å². The Morgan fingerprint density at radius 1 is 1.29 bits per heavy atom. The highest BCUT2D eigenvalue weighted by Gasteiger charge is 2.21. The Labute approximate surface area is 102 Å². The summed E-state index contributed by atoms with van der Waals surface area (Å²) in [6, 6.07) is 6.20. The van der Waals surface area contributed by atoms with Crippen molar-refractivity contribution in [3.05, 3.63) is 35.9 Å². The van der Waals surface area contributed by atoms with Gasteiger partial charge in [0.2, 0.25) is 0 Å².